The molecule has 4 heteroatoms. The third kappa shape index (κ3) is 6.85. The van der Waals surface area contributed by atoms with Gasteiger partial charge in [0.25, 0.3) is 0 Å². The van der Waals surface area contributed by atoms with Gasteiger partial charge in [-0.15, -0.1) is 12.4 Å². The van der Waals surface area contributed by atoms with Crippen LogP contribution < -0.4 is 5.32 Å². The summed E-state index contributed by atoms with van der Waals surface area (Å²) >= 11 is 0. The van der Waals surface area contributed by atoms with Gasteiger partial charge in [-0.2, -0.15) is 0 Å². The minimum Gasteiger partial charge on any atom is -0.338 e. The van der Waals surface area contributed by atoms with Gasteiger partial charge in [0.2, 0.25) is 5.91 Å². The number of hydrogen-bond acceptors (Lipinski definition) is 2. The second-order valence-electron chi connectivity index (χ2n) is 5.39. The molecule has 0 aliphatic heterocycles. The number of nitrogens with one attached hydrogen (secondary N) is 1. The Kier molecular flexibility index (Phi) is 9.03. The van der Waals surface area contributed by atoms with E-state index in [1.807, 2.05) is 48.3 Å². The van der Waals surface area contributed by atoms with Crippen molar-refractivity contribution in [2.24, 2.45) is 0 Å². The molecule has 0 fully saturated rings. The maximum absolute atomic E-state index is 12.4. The van der Waals surface area contributed by atoms with E-state index in [9.17, 15) is 4.79 Å². The van der Waals surface area contributed by atoms with Gasteiger partial charge in [0.05, 0.1) is 0 Å². The molecule has 0 heterocycles. The first kappa shape index (κ1) is 19.2. The van der Waals surface area contributed by atoms with Gasteiger partial charge < -0.3 is 10.2 Å². The van der Waals surface area contributed by atoms with E-state index in [0.29, 0.717) is 13.0 Å². The van der Waals surface area contributed by atoms with Crippen LogP contribution >= 0.6 is 12.4 Å². The Balaban J connectivity index is 0.00000264. The van der Waals surface area contributed by atoms with E-state index < -0.39 is 0 Å². The summed E-state index contributed by atoms with van der Waals surface area (Å²) in [5.74, 6) is 0.203. The van der Waals surface area contributed by atoms with Crippen molar-refractivity contribution in [3.63, 3.8) is 0 Å². The molecule has 1 N–H and O–H groups in total. The Labute approximate surface area is 145 Å². The van der Waals surface area contributed by atoms with E-state index >= 15 is 0 Å². The van der Waals surface area contributed by atoms with Gasteiger partial charge in [0.1, 0.15) is 0 Å². The van der Waals surface area contributed by atoms with Gasteiger partial charge >= 0.3 is 0 Å². The molecule has 2 aromatic rings. The summed E-state index contributed by atoms with van der Waals surface area (Å²) < 4.78 is 0. The molecule has 0 aliphatic rings. The second kappa shape index (κ2) is 10.8. The highest BCUT2D eigenvalue weighted by Crippen LogP contribution is 2.08. The largest absolute Gasteiger partial charge is 0.338 e. The van der Waals surface area contributed by atoms with Crippen molar-refractivity contribution in [3.8, 4) is 0 Å². The molecule has 0 aliphatic carbocycles. The first-order chi connectivity index (χ1) is 10.8. The molecule has 0 saturated carbocycles. The number of carbonyl (C=O) groups excluding carboxylic acids is 1. The molecular weight excluding hydrogens is 308 g/mol. The lowest BCUT2D eigenvalue weighted by Gasteiger charge is -2.23. The molecule has 0 radical (unpaired) electrons. The molecule has 2 aromatic carbocycles. The van der Waals surface area contributed by atoms with Crippen LogP contribution in [0.5, 0.6) is 0 Å². The monoisotopic (exact) mass is 332 g/mol. The van der Waals surface area contributed by atoms with E-state index in [-0.39, 0.29) is 18.3 Å². The lowest BCUT2D eigenvalue weighted by Crippen LogP contribution is -2.34. The number of amides is 1. The maximum Gasteiger partial charge on any atom is 0.224 e. The van der Waals surface area contributed by atoms with Crippen molar-refractivity contribution in [1.82, 2.24) is 10.2 Å². The minimum absolute atomic E-state index is 0. The van der Waals surface area contributed by atoms with Gasteiger partial charge in [0, 0.05) is 26.1 Å². The van der Waals surface area contributed by atoms with Gasteiger partial charge in [-0.05, 0) is 24.6 Å². The van der Waals surface area contributed by atoms with Gasteiger partial charge in [0.15, 0.2) is 0 Å². The molecule has 2 rings (SSSR count). The zero-order valence-corrected chi connectivity index (χ0v) is 14.4. The molecule has 0 saturated heterocycles. The fourth-order valence-corrected chi connectivity index (χ4v) is 2.39. The summed E-state index contributed by atoms with van der Waals surface area (Å²) in [4.78, 5) is 14.4. The SMILES string of the molecule is CNCCC(=O)N(CCc1ccccc1)Cc1ccccc1.Cl. The summed E-state index contributed by atoms with van der Waals surface area (Å²) in [7, 11) is 1.87. The van der Waals surface area contributed by atoms with Crippen molar-refractivity contribution in [3.05, 3.63) is 71.8 Å². The highest BCUT2D eigenvalue weighted by Gasteiger charge is 2.13. The zero-order valence-electron chi connectivity index (χ0n) is 13.6. The molecule has 0 unspecified atom stereocenters. The lowest BCUT2D eigenvalue weighted by molar-refractivity contribution is -0.131. The smallest absolute Gasteiger partial charge is 0.224 e. The van der Waals surface area contributed by atoms with Crippen molar-refractivity contribution in [2.45, 2.75) is 19.4 Å². The Morgan fingerprint density at radius 3 is 2.09 bits per heavy atom. The third-order valence-electron chi connectivity index (χ3n) is 3.67. The van der Waals surface area contributed by atoms with Crippen molar-refractivity contribution in [1.29, 1.82) is 0 Å². The molecule has 124 valence electrons. The third-order valence-corrected chi connectivity index (χ3v) is 3.67. The minimum atomic E-state index is 0. The quantitative estimate of drug-likeness (QED) is 0.804. The average Bonchev–Trinajstić information content (AvgIpc) is 2.58. The summed E-state index contributed by atoms with van der Waals surface area (Å²) in [5.41, 5.74) is 2.44. The van der Waals surface area contributed by atoms with Crippen LogP contribution in [0.2, 0.25) is 0 Å². The van der Waals surface area contributed by atoms with Crippen LogP contribution in [-0.2, 0) is 17.8 Å². The molecule has 0 atom stereocenters. The van der Waals surface area contributed by atoms with E-state index in [2.05, 4.69) is 29.6 Å². The number of carbonyl (C=O) groups is 1. The molecule has 0 aromatic heterocycles. The van der Waals surface area contributed by atoms with Crippen LogP contribution in [-0.4, -0.2) is 30.9 Å². The summed E-state index contributed by atoms with van der Waals surface area (Å²) in [5, 5.41) is 3.04. The first-order valence-corrected chi connectivity index (χ1v) is 7.80. The van der Waals surface area contributed by atoms with Crippen molar-refractivity contribution in [2.75, 3.05) is 20.1 Å². The predicted octanol–water partition coefficient (Wildman–Crippen LogP) is 3.29. The fourth-order valence-electron chi connectivity index (χ4n) is 2.39. The Bertz CT molecular complexity index is 560. The Hall–Kier alpha value is -1.84. The van der Waals surface area contributed by atoms with Crippen molar-refractivity contribution < 1.29 is 4.79 Å². The predicted molar refractivity (Wildman–Crippen MR) is 97.8 cm³/mol. The van der Waals surface area contributed by atoms with Crippen LogP contribution in [0, 0.1) is 0 Å². The fraction of sp³-hybridized carbons (Fsp3) is 0.316. The average molecular weight is 333 g/mol. The van der Waals surface area contributed by atoms with Gasteiger partial charge in [-0.25, -0.2) is 0 Å². The van der Waals surface area contributed by atoms with Crippen LogP contribution in [0.1, 0.15) is 17.5 Å². The molecular formula is C19H25ClN2O. The van der Waals surface area contributed by atoms with Crippen molar-refractivity contribution >= 4 is 18.3 Å². The van der Waals surface area contributed by atoms with Crippen LogP contribution in [0.3, 0.4) is 0 Å². The van der Waals surface area contributed by atoms with Crippen LogP contribution in [0.4, 0.5) is 0 Å². The number of benzene rings is 2. The maximum atomic E-state index is 12.4. The molecule has 0 bridgehead atoms. The summed E-state index contributed by atoms with van der Waals surface area (Å²) in [6.45, 7) is 2.15. The highest BCUT2D eigenvalue weighted by molar-refractivity contribution is 5.85. The number of hydrogen-bond donors (Lipinski definition) is 1. The Morgan fingerprint density at radius 1 is 0.957 bits per heavy atom. The molecule has 0 spiro atoms. The highest BCUT2D eigenvalue weighted by atomic mass is 35.5. The van der Waals surface area contributed by atoms with E-state index in [0.717, 1.165) is 19.5 Å². The normalized spacial score (nSPS) is 9.96. The standard InChI is InChI=1S/C19H24N2O.ClH/c1-20-14-12-19(22)21(16-18-10-6-3-7-11-18)15-13-17-8-4-2-5-9-17;/h2-11,20H,12-16H2,1H3;1H. The zero-order chi connectivity index (χ0) is 15.6. The van der Waals surface area contributed by atoms with E-state index in [1.54, 1.807) is 0 Å². The van der Waals surface area contributed by atoms with Crippen LogP contribution in [0.25, 0.3) is 0 Å². The van der Waals surface area contributed by atoms with Gasteiger partial charge in [-0.3, -0.25) is 4.79 Å². The van der Waals surface area contributed by atoms with Gasteiger partial charge in [-0.1, -0.05) is 60.7 Å². The summed E-state index contributed by atoms with van der Waals surface area (Å²) in [6.07, 6.45) is 1.43. The second-order valence-corrected chi connectivity index (χ2v) is 5.39. The first-order valence-electron chi connectivity index (χ1n) is 7.80. The van der Waals surface area contributed by atoms with E-state index in [1.165, 1.54) is 11.1 Å². The Morgan fingerprint density at radius 2 is 1.52 bits per heavy atom. The number of nitrogens with zero attached hydrogens (tertiary/aromatic N) is 1. The molecule has 1 amide bonds. The lowest BCUT2D eigenvalue weighted by atomic mass is 10.1. The molecule has 23 heavy (non-hydrogen) atoms. The number of halogens is 1. The summed E-state index contributed by atoms with van der Waals surface area (Å²) in [6, 6.07) is 20.5. The molecule has 3 nitrogen and oxygen atoms in total. The number of rotatable bonds is 8. The topological polar surface area (TPSA) is 32.3 Å². The van der Waals surface area contributed by atoms with E-state index in [4.69, 9.17) is 0 Å². The van der Waals surface area contributed by atoms with Crippen LogP contribution in [0.15, 0.2) is 60.7 Å².